The molecule has 0 aliphatic rings. The number of carboxylic acids is 1. The van der Waals surface area contributed by atoms with Crippen LogP contribution in [0.1, 0.15) is 25.8 Å². The Kier molecular flexibility index (Phi) is 7.88. The molecule has 1 aromatic rings. The zero-order valence-corrected chi connectivity index (χ0v) is 11.5. The van der Waals surface area contributed by atoms with E-state index < -0.39 is 48.4 Å². The molecule has 21 heavy (non-hydrogen) atoms. The number of carboxylic acid groups (broad SMARTS) is 2. The Labute approximate surface area is 119 Å². The van der Waals surface area contributed by atoms with E-state index in [9.17, 15) is 22.8 Å². The Bertz CT molecular complexity index is 492. The molecule has 1 rings (SSSR count). The van der Waals surface area contributed by atoms with E-state index in [-0.39, 0.29) is 5.56 Å². The van der Waals surface area contributed by atoms with Gasteiger partial charge in [0.15, 0.2) is 11.6 Å². The zero-order chi connectivity index (χ0) is 16.6. The molecule has 0 aliphatic heterocycles. The molecule has 0 bridgehead atoms. The van der Waals surface area contributed by atoms with Crippen molar-refractivity contribution in [2.45, 2.75) is 32.7 Å². The summed E-state index contributed by atoms with van der Waals surface area (Å²) in [7, 11) is 0. The van der Waals surface area contributed by atoms with Crippen LogP contribution in [0, 0.1) is 17.5 Å². The molecule has 0 spiro atoms. The third-order valence-corrected chi connectivity index (χ3v) is 2.30. The predicted octanol–water partition coefficient (Wildman–Crippen LogP) is 2.78. The largest absolute Gasteiger partial charge is 0.481 e. The highest BCUT2D eigenvalue weighted by atomic mass is 19.2. The van der Waals surface area contributed by atoms with Gasteiger partial charge in [-0.15, -0.1) is 0 Å². The highest BCUT2D eigenvalue weighted by Gasteiger charge is 2.19. The van der Waals surface area contributed by atoms with Crippen LogP contribution in [0.3, 0.4) is 0 Å². The number of aliphatic carboxylic acids is 1. The van der Waals surface area contributed by atoms with Crippen molar-refractivity contribution >= 4 is 12.1 Å². The fourth-order valence-electron chi connectivity index (χ4n) is 1.55. The lowest BCUT2D eigenvalue weighted by atomic mass is 10.0. The predicted molar refractivity (Wildman–Crippen MR) is 68.6 cm³/mol. The molecule has 0 radical (unpaired) electrons. The molecule has 1 atom stereocenters. The maximum Gasteiger partial charge on any atom is 0.404 e. The molecule has 1 amide bonds. The highest BCUT2D eigenvalue weighted by molar-refractivity contribution is 5.70. The van der Waals surface area contributed by atoms with E-state index in [1.807, 2.05) is 19.2 Å². The summed E-state index contributed by atoms with van der Waals surface area (Å²) in [4.78, 5) is 21.0. The molecule has 0 heterocycles. The van der Waals surface area contributed by atoms with Crippen molar-refractivity contribution in [2.24, 2.45) is 0 Å². The average Bonchev–Trinajstić information content (AvgIpc) is 2.36. The lowest BCUT2D eigenvalue weighted by Gasteiger charge is -2.15. The van der Waals surface area contributed by atoms with Gasteiger partial charge in [-0.25, -0.2) is 18.0 Å². The quantitative estimate of drug-likeness (QED) is 0.730. The van der Waals surface area contributed by atoms with Gasteiger partial charge in [-0.05, 0) is 18.1 Å². The molecule has 0 saturated carbocycles. The molecule has 5 nitrogen and oxygen atoms in total. The third kappa shape index (κ3) is 6.64. The fraction of sp³-hybridized carbons (Fsp3) is 0.385. The summed E-state index contributed by atoms with van der Waals surface area (Å²) >= 11 is 0. The van der Waals surface area contributed by atoms with Crippen LogP contribution in [-0.4, -0.2) is 28.3 Å². The summed E-state index contributed by atoms with van der Waals surface area (Å²) in [5.41, 5.74) is -0.307. The van der Waals surface area contributed by atoms with E-state index in [0.717, 1.165) is 0 Å². The van der Waals surface area contributed by atoms with Crippen LogP contribution in [0.2, 0.25) is 0 Å². The first-order valence-corrected chi connectivity index (χ1v) is 6.14. The van der Waals surface area contributed by atoms with Gasteiger partial charge in [0.1, 0.15) is 5.82 Å². The monoisotopic (exact) mass is 307 g/mol. The Hall–Kier alpha value is -2.25. The normalized spacial score (nSPS) is 11.1. The van der Waals surface area contributed by atoms with Gasteiger partial charge < -0.3 is 15.5 Å². The second-order valence-electron chi connectivity index (χ2n) is 3.81. The first-order chi connectivity index (χ1) is 9.79. The summed E-state index contributed by atoms with van der Waals surface area (Å²) in [6, 6.07) is -0.249. The minimum Gasteiger partial charge on any atom is -0.481 e. The van der Waals surface area contributed by atoms with E-state index in [2.05, 4.69) is 0 Å². The van der Waals surface area contributed by atoms with Crippen LogP contribution in [0.15, 0.2) is 12.1 Å². The summed E-state index contributed by atoms with van der Waals surface area (Å²) in [5, 5.41) is 19.0. The Morgan fingerprint density at radius 2 is 1.62 bits per heavy atom. The van der Waals surface area contributed by atoms with Gasteiger partial charge in [0.05, 0.1) is 6.42 Å². The van der Waals surface area contributed by atoms with Crippen molar-refractivity contribution in [1.82, 2.24) is 5.32 Å². The number of halogens is 3. The summed E-state index contributed by atoms with van der Waals surface area (Å²) in [6.07, 6.45) is -2.50. The lowest BCUT2D eigenvalue weighted by molar-refractivity contribution is -0.137. The number of rotatable bonds is 5. The first-order valence-electron chi connectivity index (χ1n) is 6.14. The minimum atomic E-state index is -1.49. The molecule has 0 aliphatic carbocycles. The van der Waals surface area contributed by atoms with Crippen LogP contribution in [0.25, 0.3) is 0 Å². The van der Waals surface area contributed by atoms with E-state index >= 15 is 0 Å². The number of nitrogens with one attached hydrogen (secondary N) is 1. The van der Waals surface area contributed by atoms with E-state index in [4.69, 9.17) is 10.2 Å². The van der Waals surface area contributed by atoms with Gasteiger partial charge in [0.2, 0.25) is 0 Å². The molecular formula is C13H16F3NO4. The molecule has 1 unspecified atom stereocenters. The Morgan fingerprint density at radius 1 is 1.10 bits per heavy atom. The number of hydrogen-bond donors (Lipinski definition) is 3. The van der Waals surface area contributed by atoms with Crippen molar-refractivity contribution in [3.63, 3.8) is 0 Å². The van der Waals surface area contributed by atoms with Crippen molar-refractivity contribution < 1.29 is 33.0 Å². The van der Waals surface area contributed by atoms with Gasteiger partial charge >= 0.3 is 12.1 Å². The number of hydrogen-bond acceptors (Lipinski definition) is 2. The van der Waals surface area contributed by atoms with Gasteiger partial charge in [0.25, 0.3) is 0 Å². The van der Waals surface area contributed by atoms with E-state index in [1.165, 1.54) is 0 Å². The summed E-state index contributed by atoms with van der Waals surface area (Å²) < 4.78 is 39.0. The smallest absolute Gasteiger partial charge is 0.404 e. The Morgan fingerprint density at radius 3 is 2.10 bits per heavy atom. The van der Waals surface area contributed by atoms with Crippen LogP contribution in [0.5, 0.6) is 0 Å². The maximum absolute atomic E-state index is 13.3. The van der Waals surface area contributed by atoms with Crippen molar-refractivity contribution in [2.75, 3.05) is 0 Å². The van der Waals surface area contributed by atoms with Crippen LogP contribution in [0.4, 0.5) is 18.0 Å². The topological polar surface area (TPSA) is 86.6 Å². The SMILES string of the molecule is CC.O=C(O)CC(Cc1cc(F)c(F)cc1F)NC(=O)O. The van der Waals surface area contributed by atoms with Gasteiger partial charge in [0, 0.05) is 12.1 Å². The highest BCUT2D eigenvalue weighted by Crippen LogP contribution is 2.16. The molecule has 118 valence electrons. The molecular weight excluding hydrogens is 291 g/mol. The van der Waals surface area contributed by atoms with Gasteiger partial charge in [-0.3, -0.25) is 4.79 Å². The van der Waals surface area contributed by atoms with Crippen LogP contribution in [-0.2, 0) is 11.2 Å². The zero-order valence-electron chi connectivity index (χ0n) is 11.5. The second kappa shape index (κ2) is 8.83. The molecule has 3 N–H and O–H groups in total. The number of benzene rings is 1. The molecule has 0 saturated heterocycles. The molecule has 8 heteroatoms. The standard InChI is InChI=1S/C11H10F3NO4.C2H6/c12-7-4-9(14)8(13)2-5(7)1-6(3-10(16)17)15-11(18)19;1-2/h2,4,6,15H,1,3H2,(H,16,17)(H,18,19);1-2H3. The Balaban J connectivity index is 0.00000191. The van der Waals surface area contributed by atoms with E-state index in [0.29, 0.717) is 12.1 Å². The maximum atomic E-state index is 13.3. The van der Waals surface area contributed by atoms with Crippen molar-refractivity contribution in [3.8, 4) is 0 Å². The number of carbonyl (C=O) groups is 2. The third-order valence-electron chi connectivity index (χ3n) is 2.30. The van der Waals surface area contributed by atoms with Gasteiger partial charge in [-0.1, -0.05) is 13.8 Å². The first kappa shape index (κ1) is 18.8. The summed E-state index contributed by atoms with van der Waals surface area (Å²) in [6.45, 7) is 4.00. The average molecular weight is 307 g/mol. The summed E-state index contributed by atoms with van der Waals surface area (Å²) in [5.74, 6) is -5.04. The second-order valence-corrected chi connectivity index (χ2v) is 3.81. The van der Waals surface area contributed by atoms with Crippen molar-refractivity contribution in [1.29, 1.82) is 0 Å². The lowest BCUT2D eigenvalue weighted by Crippen LogP contribution is -2.37. The van der Waals surface area contributed by atoms with Crippen LogP contribution >= 0.6 is 0 Å². The van der Waals surface area contributed by atoms with Crippen molar-refractivity contribution in [3.05, 3.63) is 35.1 Å². The van der Waals surface area contributed by atoms with Gasteiger partial charge in [-0.2, -0.15) is 0 Å². The molecule has 1 aromatic carbocycles. The molecule has 0 aromatic heterocycles. The minimum absolute atomic E-state index is 0.307. The molecule has 0 fully saturated rings. The van der Waals surface area contributed by atoms with Crippen LogP contribution < -0.4 is 5.32 Å². The fourth-order valence-corrected chi connectivity index (χ4v) is 1.55. The van der Waals surface area contributed by atoms with E-state index in [1.54, 1.807) is 0 Å². The number of amides is 1.